The molecule has 10 nitrogen and oxygen atoms in total. The lowest BCUT2D eigenvalue weighted by Crippen LogP contribution is -2.20. The summed E-state index contributed by atoms with van der Waals surface area (Å²) in [5.74, 6) is 1.89. The maximum absolute atomic E-state index is 12.6. The van der Waals surface area contributed by atoms with Crippen LogP contribution in [-0.4, -0.2) is 38.9 Å². The summed E-state index contributed by atoms with van der Waals surface area (Å²) in [5.41, 5.74) is 9.36. The first-order valence-electron chi connectivity index (χ1n) is 10.0. The van der Waals surface area contributed by atoms with Crippen molar-refractivity contribution in [2.75, 3.05) is 24.1 Å². The van der Waals surface area contributed by atoms with Gasteiger partial charge in [-0.3, -0.25) is 4.79 Å². The Hall–Kier alpha value is -3.99. The lowest BCUT2D eigenvalue weighted by atomic mass is 10.1. The van der Waals surface area contributed by atoms with Crippen LogP contribution < -0.4 is 20.5 Å². The third-order valence-corrected chi connectivity index (χ3v) is 5.69. The molecule has 2 aromatic heterocycles. The summed E-state index contributed by atoms with van der Waals surface area (Å²) < 4.78 is 17.5. The highest BCUT2D eigenvalue weighted by Crippen LogP contribution is 2.36. The average molecular weight is 465 g/mol. The Labute approximate surface area is 193 Å². The van der Waals surface area contributed by atoms with E-state index in [0.29, 0.717) is 33.6 Å². The molecule has 168 valence electrons. The lowest BCUT2D eigenvalue weighted by Gasteiger charge is -2.07. The molecule has 4 aromatic rings. The number of nitrogens with two attached hydrogens (primary N) is 1. The number of nitrogens with one attached hydrogen (secondary N) is 1. The number of hydrogen-bond donors (Lipinski definition) is 2. The van der Waals surface area contributed by atoms with Crippen LogP contribution in [0.4, 0.5) is 11.5 Å². The maximum Gasteiger partial charge on any atom is 0.264 e. The number of aromatic nitrogens is 4. The van der Waals surface area contributed by atoms with Gasteiger partial charge in [-0.15, -0.1) is 11.8 Å². The third-order valence-electron chi connectivity index (χ3n) is 5.02. The van der Waals surface area contributed by atoms with Gasteiger partial charge in [-0.25, -0.2) is 4.68 Å². The summed E-state index contributed by atoms with van der Waals surface area (Å²) in [6.07, 6.45) is 1.86. The van der Waals surface area contributed by atoms with E-state index in [1.807, 2.05) is 37.4 Å². The van der Waals surface area contributed by atoms with E-state index in [0.717, 1.165) is 11.1 Å². The first-order valence-corrected chi connectivity index (χ1v) is 11.2. The molecular weight excluding hydrogens is 444 g/mol. The number of benzene rings is 2. The first-order chi connectivity index (χ1) is 16.0. The molecule has 0 fully saturated rings. The van der Waals surface area contributed by atoms with Gasteiger partial charge in [0.25, 0.3) is 5.89 Å². The first kappa shape index (κ1) is 20.9. The second kappa shape index (κ2) is 8.51. The van der Waals surface area contributed by atoms with Crippen LogP contribution in [0.5, 0.6) is 11.5 Å². The maximum atomic E-state index is 12.6. The number of ether oxygens (including phenoxy) is 2. The molecule has 33 heavy (non-hydrogen) atoms. The van der Waals surface area contributed by atoms with Crippen LogP contribution in [0.25, 0.3) is 22.8 Å². The summed E-state index contributed by atoms with van der Waals surface area (Å²) in [6, 6.07) is 13.0. The summed E-state index contributed by atoms with van der Waals surface area (Å²) in [5, 5.41) is 11.9. The van der Waals surface area contributed by atoms with Crippen LogP contribution in [0.3, 0.4) is 0 Å². The standard InChI is InChI=1S/C22H20N6O4S/c1-12-4-3-5-13(8-12)20-25-21(32-27-20)18-19(23)28(26-22(18)33-2)10-17(29)24-14-6-7-15-16(9-14)31-11-30-15/h3-9H,10-11,23H2,1-2H3,(H,24,29). The molecule has 2 aromatic carbocycles. The van der Waals surface area contributed by atoms with Crippen molar-refractivity contribution in [1.29, 1.82) is 0 Å². The smallest absolute Gasteiger partial charge is 0.264 e. The van der Waals surface area contributed by atoms with E-state index in [2.05, 4.69) is 20.6 Å². The quantitative estimate of drug-likeness (QED) is 0.411. The zero-order valence-electron chi connectivity index (χ0n) is 17.9. The van der Waals surface area contributed by atoms with Crippen LogP contribution in [0.15, 0.2) is 52.0 Å². The van der Waals surface area contributed by atoms with Crippen LogP contribution in [-0.2, 0) is 11.3 Å². The molecule has 5 rings (SSSR count). The molecule has 1 aliphatic heterocycles. The Balaban J connectivity index is 1.37. The molecule has 3 N–H and O–H groups in total. The molecule has 3 heterocycles. The van der Waals surface area contributed by atoms with Crippen LogP contribution in [0.2, 0.25) is 0 Å². The van der Waals surface area contributed by atoms with Crippen molar-refractivity contribution in [3.63, 3.8) is 0 Å². The highest BCUT2D eigenvalue weighted by atomic mass is 32.2. The normalized spacial score (nSPS) is 12.2. The summed E-state index contributed by atoms with van der Waals surface area (Å²) in [7, 11) is 0. The Morgan fingerprint density at radius 1 is 1.21 bits per heavy atom. The van der Waals surface area contributed by atoms with Gasteiger partial charge in [0.2, 0.25) is 18.5 Å². The fraction of sp³-hybridized carbons (Fsp3) is 0.182. The topological polar surface area (TPSA) is 130 Å². The molecule has 0 unspecified atom stereocenters. The van der Waals surface area contributed by atoms with Crippen molar-refractivity contribution in [1.82, 2.24) is 19.9 Å². The number of rotatable bonds is 6. The van der Waals surface area contributed by atoms with Crippen LogP contribution in [0.1, 0.15) is 5.56 Å². The average Bonchev–Trinajstić information content (AvgIpc) is 3.52. The van der Waals surface area contributed by atoms with E-state index < -0.39 is 0 Å². The van der Waals surface area contributed by atoms with E-state index in [4.69, 9.17) is 19.7 Å². The monoisotopic (exact) mass is 464 g/mol. The molecule has 0 saturated carbocycles. The fourth-order valence-corrected chi connectivity index (χ4v) is 4.03. The summed E-state index contributed by atoms with van der Waals surface area (Å²) in [4.78, 5) is 17.1. The van der Waals surface area contributed by atoms with Gasteiger partial charge in [0, 0.05) is 17.3 Å². The number of anilines is 2. The molecule has 0 saturated heterocycles. The molecule has 0 atom stereocenters. The summed E-state index contributed by atoms with van der Waals surface area (Å²) in [6.45, 7) is 2.07. The predicted molar refractivity (Wildman–Crippen MR) is 123 cm³/mol. The zero-order chi connectivity index (χ0) is 22.9. The van der Waals surface area contributed by atoms with Gasteiger partial charge in [0.05, 0.1) is 0 Å². The van der Waals surface area contributed by atoms with Gasteiger partial charge in [-0.1, -0.05) is 28.9 Å². The molecule has 0 spiro atoms. The second-order valence-electron chi connectivity index (χ2n) is 7.34. The number of hydrogen-bond acceptors (Lipinski definition) is 9. The minimum atomic E-state index is -0.298. The van der Waals surface area contributed by atoms with E-state index in [1.54, 1.807) is 18.2 Å². The van der Waals surface area contributed by atoms with E-state index in [9.17, 15) is 4.79 Å². The van der Waals surface area contributed by atoms with Crippen molar-refractivity contribution in [3.05, 3.63) is 48.0 Å². The van der Waals surface area contributed by atoms with Gasteiger partial charge < -0.3 is 25.0 Å². The fourth-order valence-electron chi connectivity index (χ4n) is 3.45. The minimum absolute atomic E-state index is 0.0906. The molecular formula is C22H20N6O4S. The number of nitrogen functional groups attached to an aromatic ring is 1. The molecule has 0 bridgehead atoms. The second-order valence-corrected chi connectivity index (χ2v) is 8.13. The highest BCUT2D eigenvalue weighted by molar-refractivity contribution is 7.98. The van der Waals surface area contributed by atoms with Crippen molar-refractivity contribution < 1.29 is 18.8 Å². The molecule has 11 heteroatoms. The lowest BCUT2D eigenvalue weighted by molar-refractivity contribution is -0.116. The van der Waals surface area contributed by atoms with Crippen molar-refractivity contribution in [2.24, 2.45) is 0 Å². The molecule has 0 radical (unpaired) electrons. The van der Waals surface area contributed by atoms with Crippen LogP contribution >= 0.6 is 11.8 Å². The largest absolute Gasteiger partial charge is 0.454 e. The number of aryl methyl sites for hydroxylation is 1. The van der Waals surface area contributed by atoms with E-state index in [-0.39, 0.29) is 31.0 Å². The number of nitrogens with zero attached hydrogens (tertiary/aromatic N) is 4. The Morgan fingerprint density at radius 2 is 2.06 bits per heavy atom. The number of fused-ring (bicyclic) bond motifs is 1. The Kier molecular flexibility index (Phi) is 5.38. The Bertz CT molecular complexity index is 1350. The third kappa shape index (κ3) is 4.10. The molecule has 1 aliphatic rings. The number of carbonyl (C=O) groups is 1. The Morgan fingerprint density at radius 3 is 2.88 bits per heavy atom. The highest BCUT2D eigenvalue weighted by Gasteiger charge is 2.24. The number of thioether (sulfide) groups is 1. The molecule has 0 aliphatic carbocycles. The minimum Gasteiger partial charge on any atom is -0.454 e. The predicted octanol–water partition coefficient (Wildman–Crippen LogP) is 3.58. The van der Waals surface area contributed by atoms with Crippen molar-refractivity contribution >= 4 is 29.2 Å². The van der Waals surface area contributed by atoms with Crippen molar-refractivity contribution in [2.45, 2.75) is 18.5 Å². The van der Waals surface area contributed by atoms with Gasteiger partial charge >= 0.3 is 0 Å². The van der Waals surface area contributed by atoms with Crippen LogP contribution in [0, 0.1) is 6.92 Å². The summed E-state index contributed by atoms with van der Waals surface area (Å²) >= 11 is 1.38. The SMILES string of the molecule is CSc1nn(CC(=O)Nc2ccc3c(c2)OCO3)c(N)c1-c1nc(-c2cccc(C)c2)no1. The number of amides is 1. The van der Waals surface area contributed by atoms with Gasteiger partial charge in [0.15, 0.2) is 11.5 Å². The van der Waals surface area contributed by atoms with E-state index in [1.165, 1.54) is 16.4 Å². The van der Waals surface area contributed by atoms with E-state index >= 15 is 0 Å². The zero-order valence-corrected chi connectivity index (χ0v) is 18.7. The van der Waals surface area contributed by atoms with Crippen molar-refractivity contribution in [3.8, 4) is 34.3 Å². The molecule has 1 amide bonds. The number of carbonyl (C=O) groups excluding carboxylic acids is 1. The van der Waals surface area contributed by atoms with Gasteiger partial charge in [0.1, 0.15) is 23.0 Å². The van der Waals surface area contributed by atoms with Gasteiger partial charge in [-0.2, -0.15) is 10.1 Å². The van der Waals surface area contributed by atoms with Gasteiger partial charge in [-0.05, 0) is 31.4 Å².